The standard InChI is InChI=1S/C20H18ClN3O2/c1-26-17-10-6-15(7-11-17)19-13-18(22)20(25)24(23-19)12-2-3-14-4-8-16(21)9-5-14/h2-11,13H,12,22H2,1H3/b3-2+. The predicted octanol–water partition coefficient (Wildman–Crippen LogP) is 3.87. The second kappa shape index (κ2) is 7.89. The first-order valence-electron chi connectivity index (χ1n) is 8.01. The number of benzene rings is 2. The molecule has 1 heterocycles. The number of nitrogens with zero attached hydrogens (tertiary/aromatic N) is 2. The van der Waals surface area contributed by atoms with Crippen LogP contribution in [0, 0.1) is 0 Å². The van der Waals surface area contributed by atoms with Gasteiger partial charge in [0.25, 0.3) is 5.56 Å². The quantitative estimate of drug-likeness (QED) is 0.743. The lowest BCUT2D eigenvalue weighted by molar-refractivity contribution is 0.415. The molecule has 1 aromatic heterocycles. The van der Waals surface area contributed by atoms with Crippen molar-refractivity contribution < 1.29 is 4.74 Å². The van der Waals surface area contributed by atoms with Crippen LogP contribution < -0.4 is 16.0 Å². The van der Waals surface area contributed by atoms with Crippen LogP contribution in [0.1, 0.15) is 5.56 Å². The Kier molecular flexibility index (Phi) is 5.39. The van der Waals surface area contributed by atoms with Crippen molar-refractivity contribution in [2.45, 2.75) is 6.54 Å². The highest BCUT2D eigenvalue weighted by atomic mass is 35.5. The van der Waals surface area contributed by atoms with Crippen molar-refractivity contribution in [1.29, 1.82) is 0 Å². The molecule has 0 unspecified atom stereocenters. The van der Waals surface area contributed by atoms with Gasteiger partial charge in [-0.05, 0) is 48.0 Å². The van der Waals surface area contributed by atoms with Gasteiger partial charge in [0.15, 0.2) is 0 Å². The first kappa shape index (κ1) is 17.8. The molecule has 0 fully saturated rings. The molecule has 0 amide bonds. The maximum Gasteiger partial charge on any atom is 0.290 e. The van der Waals surface area contributed by atoms with Gasteiger partial charge in [-0.1, -0.05) is 35.9 Å². The van der Waals surface area contributed by atoms with E-state index in [9.17, 15) is 4.79 Å². The van der Waals surface area contributed by atoms with E-state index in [2.05, 4.69) is 5.10 Å². The Labute approximate surface area is 156 Å². The number of nitrogen functional groups attached to an aromatic ring is 1. The third-order valence-electron chi connectivity index (χ3n) is 3.85. The summed E-state index contributed by atoms with van der Waals surface area (Å²) < 4.78 is 6.50. The van der Waals surface area contributed by atoms with E-state index >= 15 is 0 Å². The minimum absolute atomic E-state index is 0.158. The molecule has 0 saturated heterocycles. The number of ether oxygens (including phenoxy) is 1. The molecule has 5 nitrogen and oxygen atoms in total. The molecule has 3 rings (SSSR count). The Morgan fingerprint density at radius 3 is 2.50 bits per heavy atom. The van der Waals surface area contributed by atoms with Crippen molar-refractivity contribution in [3.05, 3.63) is 81.6 Å². The number of aromatic nitrogens is 2. The summed E-state index contributed by atoms with van der Waals surface area (Å²) in [6.07, 6.45) is 3.76. The summed E-state index contributed by atoms with van der Waals surface area (Å²) in [6, 6.07) is 16.4. The van der Waals surface area contributed by atoms with Gasteiger partial charge >= 0.3 is 0 Å². The number of nitrogens with two attached hydrogens (primary N) is 1. The fourth-order valence-corrected chi connectivity index (χ4v) is 2.58. The van der Waals surface area contributed by atoms with Gasteiger partial charge in [0.2, 0.25) is 0 Å². The van der Waals surface area contributed by atoms with Gasteiger partial charge in [0.05, 0.1) is 19.3 Å². The molecule has 0 aliphatic heterocycles. The maximum atomic E-state index is 12.2. The van der Waals surface area contributed by atoms with E-state index in [-0.39, 0.29) is 11.2 Å². The van der Waals surface area contributed by atoms with Crippen molar-refractivity contribution in [3.8, 4) is 17.0 Å². The number of hydrogen-bond acceptors (Lipinski definition) is 4. The minimum Gasteiger partial charge on any atom is -0.497 e. The van der Waals surface area contributed by atoms with Gasteiger partial charge in [-0.15, -0.1) is 0 Å². The summed E-state index contributed by atoms with van der Waals surface area (Å²) in [4.78, 5) is 12.2. The van der Waals surface area contributed by atoms with Gasteiger partial charge < -0.3 is 10.5 Å². The van der Waals surface area contributed by atoms with Crippen LogP contribution >= 0.6 is 11.6 Å². The molecule has 2 N–H and O–H groups in total. The van der Waals surface area contributed by atoms with E-state index in [0.29, 0.717) is 17.3 Å². The highest BCUT2D eigenvalue weighted by molar-refractivity contribution is 6.30. The first-order valence-corrected chi connectivity index (χ1v) is 8.39. The second-order valence-electron chi connectivity index (χ2n) is 5.65. The maximum absolute atomic E-state index is 12.2. The topological polar surface area (TPSA) is 70.1 Å². The van der Waals surface area contributed by atoms with E-state index in [1.54, 1.807) is 13.2 Å². The van der Waals surface area contributed by atoms with E-state index in [1.165, 1.54) is 4.68 Å². The predicted molar refractivity (Wildman–Crippen MR) is 105 cm³/mol. The van der Waals surface area contributed by atoms with Crippen molar-refractivity contribution in [1.82, 2.24) is 9.78 Å². The smallest absolute Gasteiger partial charge is 0.290 e. The van der Waals surface area contributed by atoms with Crippen molar-refractivity contribution in [2.75, 3.05) is 12.8 Å². The average molecular weight is 368 g/mol. The summed E-state index contributed by atoms with van der Waals surface area (Å²) in [5.41, 5.74) is 8.19. The fourth-order valence-electron chi connectivity index (χ4n) is 2.45. The SMILES string of the molecule is COc1ccc(-c2cc(N)c(=O)n(C/C=C/c3ccc(Cl)cc3)n2)cc1. The third-order valence-corrected chi connectivity index (χ3v) is 4.10. The summed E-state index contributed by atoms with van der Waals surface area (Å²) in [5.74, 6) is 0.751. The second-order valence-corrected chi connectivity index (χ2v) is 6.09. The van der Waals surface area contributed by atoms with Gasteiger partial charge in [0, 0.05) is 10.6 Å². The minimum atomic E-state index is -0.317. The highest BCUT2D eigenvalue weighted by Gasteiger charge is 2.07. The Morgan fingerprint density at radius 2 is 1.85 bits per heavy atom. The summed E-state index contributed by atoms with van der Waals surface area (Å²) >= 11 is 5.87. The van der Waals surface area contributed by atoms with Crippen LogP contribution in [0.15, 0.2) is 65.5 Å². The molecule has 0 bridgehead atoms. The molecule has 0 radical (unpaired) electrons. The zero-order chi connectivity index (χ0) is 18.5. The normalized spacial score (nSPS) is 11.0. The van der Waals surface area contributed by atoms with Gasteiger partial charge in [-0.25, -0.2) is 4.68 Å². The molecular formula is C20H18ClN3O2. The number of allylic oxidation sites excluding steroid dienone is 1. The van der Waals surface area contributed by atoms with Gasteiger partial charge in [-0.2, -0.15) is 5.10 Å². The molecular weight excluding hydrogens is 350 g/mol. The molecule has 132 valence electrons. The lowest BCUT2D eigenvalue weighted by atomic mass is 10.1. The van der Waals surface area contributed by atoms with Crippen molar-refractivity contribution in [3.63, 3.8) is 0 Å². The lowest BCUT2D eigenvalue weighted by Crippen LogP contribution is -2.25. The molecule has 3 aromatic rings. The van der Waals surface area contributed by atoms with E-state index in [0.717, 1.165) is 16.9 Å². The molecule has 0 saturated carbocycles. The zero-order valence-electron chi connectivity index (χ0n) is 14.2. The summed E-state index contributed by atoms with van der Waals surface area (Å²) in [5, 5.41) is 5.10. The van der Waals surface area contributed by atoms with Crippen molar-refractivity contribution in [2.24, 2.45) is 0 Å². The molecule has 0 spiro atoms. The van der Waals surface area contributed by atoms with Crippen LogP contribution in [0.2, 0.25) is 5.02 Å². The number of hydrogen-bond donors (Lipinski definition) is 1. The van der Waals surface area contributed by atoms with Crippen LogP contribution in [-0.4, -0.2) is 16.9 Å². The third kappa shape index (κ3) is 4.13. The highest BCUT2D eigenvalue weighted by Crippen LogP contribution is 2.20. The molecule has 26 heavy (non-hydrogen) atoms. The monoisotopic (exact) mass is 367 g/mol. The Morgan fingerprint density at radius 1 is 1.15 bits per heavy atom. The van der Waals surface area contributed by atoms with E-state index < -0.39 is 0 Å². The van der Waals surface area contributed by atoms with Crippen LogP contribution in [0.4, 0.5) is 5.69 Å². The number of methoxy groups -OCH3 is 1. The Balaban J connectivity index is 1.85. The summed E-state index contributed by atoms with van der Waals surface area (Å²) in [7, 11) is 1.61. The first-order chi connectivity index (χ1) is 12.6. The average Bonchev–Trinajstić information content (AvgIpc) is 2.66. The molecule has 0 aliphatic carbocycles. The van der Waals surface area contributed by atoms with Gasteiger partial charge in [0.1, 0.15) is 11.4 Å². The lowest BCUT2D eigenvalue weighted by Gasteiger charge is -2.08. The molecule has 0 aliphatic rings. The molecule has 2 aromatic carbocycles. The van der Waals surface area contributed by atoms with Crippen LogP contribution in [0.5, 0.6) is 5.75 Å². The van der Waals surface area contributed by atoms with E-state index in [4.69, 9.17) is 22.1 Å². The van der Waals surface area contributed by atoms with Crippen molar-refractivity contribution >= 4 is 23.4 Å². The summed E-state index contributed by atoms with van der Waals surface area (Å²) in [6.45, 7) is 0.315. The largest absolute Gasteiger partial charge is 0.497 e. The Bertz CT molecular complexity index is 977. The van der Waals surface area contributed by atoms with Gasteiger partial charge in [-0.3, -0.25) is 4.79 Å². The fraction of sp³-hybridized carbons (Fsp3) is 0.100. The Hall–Kier alpha value is -3.05. The van der Waals surface area contributed by atoms with Crippen LogP contribution in [0.25, 0.3) is 17.3 Å². The van der Waals surface area contributed by atoms with Crippen LogP contribution in [-0.2, 0) is 6.54 Å². The number of rotatable bonds is 5. The zero-order valence-corrected chi connectivity index (χ0v) is 15.0. The van der Waals surface area contributed by atoms with Crippen LogP contribution in [0.3, 0.4) is 0 Å². The molecule has 0 atom stereocenters. The molecule has 6 heteroatoms. The van der Waals surface area contributed by atoms with E-state index in [1.807, 2.05) is 60.7 Å². The number of anilines is 1. The number of halogens is 1.